The molecule has 0 aromatic carbocycles. The Morgan fingerprint density at radius 2 is 1.88 bits per heavy atom. The fourth-order valence-corrected chi connectivity index (χ4v) is 4.42. The van der Waals surface area contributed by atoms with Crippen LogP contribution < -0.4 is 0 Å². The first-order chi connectivity index (χ1) is 7.98. The molecule has 102 valence electrons. The Morgan fingerprint density at radius 1 is 1.29 bits per heavy atom. The molecule has 1 heterocycles. The second-order valence-electron chi connectivity index (χ2n) is 4.51. The molecule has 0 aromatic rings. The van der Waals surface area contributed by atoms with Crippen LogP contribution in [0.5, 0.6) is 0 Å². The van der Waals surface area contributed by atoms with Crippen LogP contribution in [0.4, 0.5) is 0 Å². The van der Waals surface area contributed by atoms with Gasteiger partial charge in [-0.15, -0.1) is 23.5 Å². The SMILES string of the molecule is CCSC(C[C@@H](O)[C@H]1COC(C)(C)O1)SCC. The topological polar surface area (TPSA) is 38.7 Å². The summed E-state index contributed by atoms with van der Waals surface area (Å²) in [7, 11) is 0. The lowest BCUT2D eigenvalue weighted by Gasteiger charge is -2.23. The predicted octanol–water partition coefficient (Wildman–Crippen LogP) is 2.72. The van der Waals surface area contributed by atoms with E-state index in [0.717, 1.165) is 17.9 Å². The molecule has 0 bridgehead atoms. The zero-order chi connectivity index (χ0) is 12.9. The molecule has 1 rings (SSSR count). The number of ether oxygens (including phenoxy) is 2. The third-order valence-corrected chi connectivity index (χ3v) is 5.21. The molecule has 0 saturated carbocycles. The van der Waals surface area contributed by atoms with Crippen molar-refractivity contribution in [3.05, 3.63) is 0 Å². The number of aliphatic hydroxyl groups is 1. The maximum absolute atomic E-state index is 10.2. The lowest BCUT2D eigenvalue weighted by Crippen LogP contribution is -2.32. The van der Waals surface area contributed by atoms with Crippen molar-refractivity contribution >= 4 is 23.5 Å². The Morgan fingerprint density at radius 3 is 2.29 bits per heavy atom. The summed E-state index contributed by atoms with van der Waals surface area (Å²) in [6.07, 6.45) is 0.156. The first-order valence-corrected chi connectivity index (χ1v) is 8.31. The molecule has 1 aliphatic heterocycles. The van der Waals surface area contributed by atoms with E-state index in [4.69, 9.17) is 9.47 Å². The van der Waals surface area contributed by atoms with Gasteiger partial charge in [0.15, 0.2) is 5.79 Å². The Balaban J connectivity index is 2.38. The molecule has 0 aliphatic carbocycles. The highest BCUT2D eigenvalue weighted by Gasteiger charge is 2.37. The predicted molar refractivity (Wildman–Crippen MR) is 75.6 cm³/mol. The largest absolute Gasteiger partial charge is 0.390 e. The van der Waals surface area contributed by atoms with Gasteiger partial charge >= 0.3 is 0 Å². The maximum Gasteiger partial charge on any atom is 0.163 e. The summed E-state index contributed by atoms with van der Waals surface area (Å²) in [6.45, 7) is 8.57. The lowest BCUT2D eigenvalue weighted by molar-refractivity contribution is -0.151. The van der Waals surface area contributed by atoms with E-state index in [-0.39, 0.29) is 6.10 Å². The molecular formula is C12H24O3S2. The summed E-state index contributed by atoms with van der Waals surface area (Å²) in [5.41, 5.74) is 0. The Labute approximate surface area is 113 Å². The van der Waals surface area contributed by atoms with Crippen molar-refractivity contribution in [2.45, 2.75) is 56.7 Å². The van der Waals surface area contributed by atoms with Gasteiger partial charge in [-0.25, -0.2) is 0 Å². The van der Waals surface area contributed by atoms with Gasteiger partial charge in [0.05, 0.1) is 17.3 Å². The van der Waals surface area contributed by atoms with Crippen LogP contribution in [0.15, 0.2) is 0 Å². The lowest BCUT2D eigenvalue weighted by atomic mass is 10.2. The van der Waals surface area contributed by atoms with Crippen LogP contribution in [0.1, 0.15) is 34.1 Å². The van der Waals surface area contributed by atoms with Crippen LogP contribution in [0.25, 0.3) is 0 Å². The molecule has 2 atom stereocenters. The van der Waals surface area contributed by atoms with E-state index in [1.54, 1.807) is 0 Å². The summed E-state index contributed by atoms with van der Waals surface area (Å²) < 4.78 is 11.6. The summed E-state index contributed by atoms with van der Waals surface area (Å²) in [4.78, 5) is 0. The van der Waals surface area contributed by atoms with Crippen LogP contribution >= 0.6 is 23.5 Å². The van der Waals surface area contributed by atoms with Crippen molar-refractivity contribution in [3.63, 3.8) is 0 Å². The molecule has 0 radical (unpaired) electrons. The summed E-state index contributed by atoms with van der Waals surface area (Å²) in [5, 5.41) is 10.2. The van der Waals surface area contributed by atoms with Gasteiger partial charge in [-0.1, -0.05) is 13.8 Å². The minimum Gasteiger partial charge on any atom is -0.390 e. The third-order valence-electron chi connectivity index (χ3n) is 2.60. The van der Waals surface area contributed by atoms with Gasteiger partial charge in [0, 0.05) is 0 Å². The van der Waals surface area contributed by atoms with E-state index in [1.807, 2.05) is 37.4 Å². The zero-order valence-corrected chi connectivity index (χ0v) is 12.8. The Hall–Kier alpha value is 0.580. The number of aliphatic hydroxyl groups excluding tert-OH is 1. The molecule has 5 heteroatoms. The minimum absolute atomic E-state index is 0.178. The molecule has 1 fully saturated rings. The molecule has 0 unspecified atom stereocenters. The van der Waals surface area contributed by atoms with Gasteiger partial charge in [-0.3, -0.25) is 0 Å². The van der Waals surface area contributed by atoms with Crippen molar-refractivity contribution in [1.29, 1.82) is 0 Å². The van der Waals surface area contributed by atoms with Gasteiger partial charge < -0.3 is 14.6 Å². The number of rotatable bonds is 7. The molecule has 0 aromatic heterocycles. The van der Waals surface area contributed by atoms with E-state index < -0.39 is 11.9 Å². The van der Waals surface area contributed by atoms with E-state index in [1.165, 1.54) is 0 Å². The minimum atomic E-state index is -0.545. The van der Waals surface area contributed by atoms with Gasteiger partial charge in [0.2, 0.25) is 0 Å². The van der Waals surface area contributed by atoms with Gasteiger partial charge in [-0.05, 0) is 31.8 Å². The molecule has 1 aliphatic rings. The molecule has 3 nitrogen and oxygen atoms in total. The molecule has 17 heavy (non-hydrogen) atoms. The Bertz CT molecular complexity index is 218. The molecule has 0 amide bonds. The van der Waals surface area contributed by atoms with Crippen LogP contribution in [-0.4, -0.2) is 45.8 Å². The van der Waals surface area contributed by atoms with Crippen molar-refractivity contribution in [3.8, 4) is 0 Å². The van der Waals surface area contributed by atoms with E-state index in [0.29, 0.717) is 11.2 Å². The highest BCUT2D eigenvalue weighted by molar-refractivity contribution is 8.16. The number of hydrogen-bond donors (Lipinski definition) is 1. The second-order valence-corrected chi connectivity index (χ2v) is 7.77. The fourth-order valence-electron chi connectivity index (χ4n) is 1.81. The van der Waals surface area contributed by atoms with Crippen molar-refractivity contribution in [2.75, 3.05) is 18.1 Å². The second kappa shape index (κ2) is 7.24. The smallest absolute Gasteiger partial charge is 0.163 e. The summed E-state index contributed by atoms with van der Waals surface area (Å²) in [5.74, 6) is 1.62. The molecule has 0 spiro atoms. The maximum atomic E-state index is 10.2. The quantitative estimate of drug-likeness (QED) is 0.726. The zero-order valence-electron chi connectivity index (χ0n) is 11.1. The first kappa shape index (κ1) is 15.6. The first-order valence-electron chi connectivity index (χ1n) is 6.21. The number of hydrogen-bond acceptors (Lipinski definition) is 5. The Kier molecular flexibility index (Phi) is 6.66. The van der Waals surface area contributed by atoms with Gasteiger partial charge in [0.1, 0.15) is 6.10 Å². The molecular weight excluding hydrogens is 256 g/mol. The summed E-state index contributed by atoms with van der Waals surface area (Å²) >= 11 is 3.79. The number of thioether (sulfide) groups is 2. The van der Waals surface area contributed by atoms with Crippen LogP contribution in [0, 0.1) is 0 Å². The van der Waals surface area contributed by atoms with Crippen LogP contribution in [0.3, 0.4) is 0 Å². The standard InChI is InChI=1S/C12H24O3S2/c1-5-16-11(17-6-2)7-9(13)10-8-14-12(3,4)15-10/h9-11,13H,5-8H2,1-4H3/t9-,10-/m1/s1. The van der Waals surface area contributed by atoms with E-state index in [2.05, 4.69) is 13.8 Å². The third kappa shape index (κ3) is 5.39. The highest BCUT2D eigenvalue weighted by Crippen LogP contribution is 2.31. The highest BCUT2D eigenvalue weighted by atomic mass is 32.2. The average Bonchev–Trinajstić information content (AvgIpc) is 2.59. The molecule has 1 N–H and O–H groups in total. The van der Waals surface area contributed by atoms with Crippen molar-refractivity contribution < 1.29 is 14.6 Å². The van der Waals surface area contributed by atoms with Crippen molar-refractivity contribution in [1.82, 2.24) is 0 Å². The van der Waals surface area contributed by atoms with E-state index >= 15 is 0 Å². The molecule has 1 saturated heterocycles. The van der Waals surface area contributed by atoms with Gasteiger partial charge in [-0.2, -0.15) is 0 Å². The summed E-state index contributed by atoms with van der Waals surface area (Å²) in [6, 6.07) is 0. The van der Waals surface area contributed by atoms with Crippen LogP contribution in [0.2, 0.25) is 0 Å². The van der Waals surface area contributed by atoms with Crippen molar-refractivity contribution in [2.24, 2.45) is 0 Å². The van der Waals surface area contributed by atoms with Crippen LogP contribution in [-0.2, 0) is 9.47 Å². The van der Waals surface area contributed by atoms with Gasteiger partial charge in [0.25, 0.3) is 0 Å². The average molecular weight is 280 g/mol. The fraction of sp³-hybridized carbons (Fsp3) is 1.00. The van der Waals surface area contributed by atoms with E-state index in [9.17, 15) is 5.11 Å². The normalized spacial score (nSPS) is 25.4. The monoisotopic (exact) mass is 280 g/mol.